The van der Waals surface area contributed by atoms with Crippen LogP contribution in [0.2, 0.25) is 0 Å². The van der Waals surface area contributed by atoms with Crippen LogP contribution in [-0.2, 0) is 19.1 Å². The van der Waals surface area contributed by atoms with Gasteiger partial charge in [-0.3, -0.25) is 14.4 Å². The zero-order valence-electron chi connectivity index (χ0n) is 30.0. The molecule has 8 heteroatoms. The van der Waals surface area contributed by atoms with Crippen molar-refractivity contribution < 1.29 is 23.9 Å². The third kappa shape index (κ3) is 29.6. The van der Waals surface area contributed by atoms with Crippen molar-refractivity contribution in [3.05, 3.63) is 12.2 Å². The fraction of sp³-hybridized carbons (Fsp3) is 0.865. The van der Waals surface area contributed by atoms with Crippen molar-refractivity contribution >= 4 is 28.9 Å². The van der Waals surface area contributed by atoms with E-state index in [1.54, 1.807) is 0 Å². The fourth-order valence-electron chi connectivity index (χ4n) is 5.13. The first kappa shape index (κ1) is 43.5. The van der Waals surface area contributed by atoms with Crippen LogP contribution in [0.3, 0.4) is 0 Å². The summed E-state index contributed by atoms with van der Waals surface area (Å²) in [6.45, 7) is 7.30. The molecule has 0 rings (SSSR count). The predicted octanol–water partition coefficient (Wildman–Crippen LogP) is 9.97. The molecular weight excluding hydrogens is 584 g/mol. The van der Waals surface area contributed by atoms with Gasteiger partial charge in [-0.2, -0.15) is 0 Å². The van der Waals surface area contributed by atoms with Crippen LogP contribution in [0.25, 0.3) is 0 Å². The number of ether oxygens (including phenoxy) is 2. The van der Waals surface area contributed by atoms with Gasteiger partial charge in [0.2, 0.25) is 0 Å². The molecule has 0 bridgehead atoms. The highest BCUT2D eigenvalue weighted by Crippen LogP contribution is 2.18. The third-order valence-corrected chi connectivity index (χ3v) is 8.91. The smallest absolute Gasteiger partial charge is 0.326 e. The quantitative estimate of drug-likeness (QED) is 0.0418. The van der Waals surface area contributed by atoms with E-state index in [-0.39, 0.29) is 31.0 Å². The van der Waals surface area contributed by atoms with Crippen molar-refractivity contribution in [1.82, 2.24) is 9.80 Å². The zero-order valence-corrected chi connectivity index (χ0v) is 30.8. The monoisotopic (exact) mass is 655 g/mol. The number of nitrogens with zero attached hydrogens (tertiary/aromatic N) is 2. The van der Waals surface area contributed by atoms with Gasteiger partial charge >= 0.3 is 11.9 Å². The molecule has 0 radical (unpaired) electrons. The molecule has 0 aromatic heterocycles. The molecule has 0 spiro atoms. The number of thioether (sulfide) groups is 1. The van der Waals surface area contributed by atoms with E-state index in [9.17, 15) is 14.4 Å². The largest absolute Gasteiger partial charge is 0.461 e. The Morgan fingerprint density at radius 1 is 0.644 bits per heavy atom. The molecule has 0 fully saturated rings. The first-order valence-electron chi connectivity index (χ1n) is 18.4. The Labute approximate surface area is 282 Å². The molecular formula is C37H70N2O5S. The number of hydrogen-bond acceptors (Lipinski definition) is 7. The van der Waals surface area contributed by atoms with E-state index >= 15 is 0 Å². The summed E-state index contributed by atoms with van der Waals surface area (Å²) in [7, 11) is 4.07. The molecule has 1 amide bonds. The number of amides is 1. The highest BCUT2D eigenvalue weighted by Gasteiger charge is 2.24. The first-order chi connectivity index (χ1) is 21.8. The maximum Gasteiger partial charge on any atom is 0.326 e. The molecule has 0 N–H and O–H groups in total. The molecule has 0 saturated heterocycles. The van der Waals surface area contributed by atoms with E-state index in [2.05, 4.69) is 25.7 Å². The van der Waals surface area contributed by atoms with E-state index in [4.69, 9.17) is 9.47 Å². The Hall–Kier alpha value is -1.54. The van der Waals surface area contributed by atoms with Gasteiger partial charge in [0.15, 0.2) is 0 Å². The van der Waals surface area contributed by atoms with Gasteiger partial charge in [-0.1, -0.05) is 128 Å². The lowest BCUT2D eigenvalue weighted by atomic mass is 10.0. The third-order valence-electron chi connectivity index (χ3n) is 7.91. The van der Waals surface area contributed by atoms with Crippen molar-refractivity contribution in [1.29, 1.82) is 0 Å². The van der Waals surface area contributed by atoms with Gasteiger partial charge in [-0.05, 0) is 72.0 Å². The van der Waals surface area contributed by atoms with Gasteiger partial charge in [0.05, 0.1) is 0 Å². The minimum absolute atomic E-state index is 0.139. The van der Waals surface area contributed by atoms with Gasteiger partial charge in [0.1, 0.15) is 25.8 Å². The van der Waals surface area contributed by atoms with Crippen LogP contribution in [0, 0.1) is 0 Å². The Bertz CT molecular complexity index is 730. The van der Waals surface area contributed by atoms with E-state index in [0.29, 0.717) is 5.75 Å². The lowest BCUT2D eigenvalue weighted by Gasteiger charge is -2.23. The van der Waals surface area contributed by atoms with E-state index < -0.39 is 11.9 Å². The number of carbonyl (C=O) groups excluding carboxylic acids is 3. The number of hydrogen-bond donors (Lipinski definition) is 0. The molecule has 0 unspecified atom stereocenters. The lowest BCUT2D eigenvalue weighted by Crippen LogP contribution is -2.39. The minimum Gasteiger partial charge on any atom is -0.461 e. The average molecular weight is 655 g/mol. The summed E-state index contributed by atoms with van der Waals surface area (Å²) in [6.07, 6.45) is 27.4. The van der Waals surface area contributed by atoms with Crippen molar-refractivity contribution in [2.45, 2.75) is 162 Å². The SMILES string of the molecule is CCCCCC/C=C/COC(=O)CN(CC(=O)OC(CCCCCCCC)CCCCCCCC)C(=O)SCCCCN(C)C. The Balaban J connectivity index is 5.08. The van der Waals surface area contributed by atoms with Crippen molar-refractivity contribution in [2.75, 3.05) is 46.1 Å². The molecule has 0 atom stereocenters. The molecule has 0 aromatic rings. The fourth-order valence-corrected chi connectivity index (χ4v) is 5.96. The van der Waals surface area contributed by atoms with Gasteiger partial charge in [-0.25, -0.2) is 0 Å². The highest BCUT2D eigenvalue weighted by molar-refractivity contribution is 8.13. The molecule has 0 aliphatic carbocycles. The second-order valence-corrected chi connectivity index (χ2v) is 13.8. The standard InChI is InChI=1S/C37H70N2O5S/c1-6-9-12-15-18-21-25-30-43-35(40)32-39(37(42)45-31-26-24-29-38(4)5)33-36(41)44-34(27-22-19-16-13-10-7-2)28-23-20-17-14-11-8-3/h21,25,34H,6-20,22-24,26-33H2,1-5H3/b25-21+. The first-order valence-corrected chi connectivity index (χ1v) is 19.4. The second kappa shape index (κ2) is 32.4. The molecule has 7 nitrogen and oxygen atoms in total. The van der Waals surface area contributed by atoms with Crippen LogP contribution in [0.4, 0.5) is 4.79 Å². The molecule has 45 heavy (non-hydrogen) atoms. The minimum atomic E-state index is -0.504. The van der Waals surface area contributed by atoms with Crippen molar-refractivity contribution in [3.63, 3.8) is 0 Å². The molecule has 0 aromatic carbocycles. The van der Waals surface area contributed by atoms with Crippen LogP contribution in [0.15, 0.2) is 12.2 Å². The lowest BCUT2D eigenvalue weighted by molar-refractivity contribution is -0.151. The molecule has 264 valence electrons. The normalized spacial score (nSPS) is 11.5. The molecule has 0 aliphatic rings. The van der Waals surface area contributed by atoms with Crippen LogP contribution in [-0.4, -0.2) is 79.2 Å². The number of rotatable bonds is 31. The van der Waals surface area contributed by atoms with Crippen LogP contribution < -0.4 is 0 Å². The maximum absolute atomic E-state index is 13.2. The summed E-state index contributed by atoms with van der Waals surface area (Å²) >= 11 is 1.17. The summed E-state index contributed by atoms with van der Waals surface area (Å²) in [6, 6.07) is 0. The van der Waals surface area contributed by atoms with Gasteiger partial charge in [0, 0.05) is 5.75 Å². The molecule has 0 heterocycles. The Morgan fingerprint density at radius 2 is 1.18 bits per heavy atom. The summed E-state index contributed by atoms with van der Waals surface area (Å²) in [5.74, 6) is -0.291. The summed E-state index contributed by atoms with van der Waals surface area (Å²) in [4.78, 5) is 42.4. The van der Waals surface area contributed by atoms with Gasteiger partial charge < -0.3 is 19.3 Å². The number of carbonyl (C=O) groups is 3. The van der Waals surface area contributed by atoms with Gasteiger partial charge in [0.25, 0.3) is 5.24 Å². The Morgan fingerprint density at radius 3 is 1.76 bits per heavy atom. The maximum atomic E-state index is 13.2. The van der Waals surface area contributed by atoms with E-state index in [0.717, 1.165) is 70.8 Å². The summed E-state index contributed by atoms with van der Waals surface area (Å²) in [5.41, 5.74) is 0. The number of unbranched alkanes of at least 4 members (excludes halogenated alkanes) is 15. The second-order valence-electron chi connectivity index (χ2n) is 12.7. The molecule has 0 aliphatic heterocycles. The van der Waals surface area contributed by atoms with E-state index in [1.165, 1.54) is 87.3 Å². The number of esters is 2. The summed E-state index contributed by atoms with van der Waals surface area (Å²) in [5, 5.41) is -0.274. The van der Waals surface area contributed by atoms with E-state index in [1.807, 2.05) is 26.2 Å². The predicted molar refractivity (Wildman–Crippen MR) is 192 cm³/mol. The highest BCUT2D eigenvalue weighted by atomic mass is 32.2. The van der Waals surface area contributed by atoms with Crippen LogP contribution in [0.5, 0.6) is 0 Å². The van der Waals surface area contributed by atoms with Crippen molar-refractivity contribution in [3.8, 4) is 0 Å². The topological polar surface area (TPSA) is 76.1 Å². The Kier molecular flexibility index (Phi) is 31.3. The summed E-state index contributed by atoms with van der Waals surface area (Å²) < 4.78 is 11.4. The van der Waals surface area contributed by atoms with Crippen molar-refractivity contribution in [2.24, 2.45) is 0 Å². The zero-order chi connectivity index (χ0) is 33.4. The number of allylic oxidation sites excluding steroid dienone is 1. The average Bonchev–Trinajstić information content (AvgIpc) is 3.00. The van der Waals surface area contributed by atoms with Crippen LogP contribution in [0.1, 0.15) is 156 Å². The van der Waals surface area contributed by atoms with Crippen LogP contribution >= 0.6 is 11.8 Å². The van der Waals surface area contributed by atoms with Gasteiger partial charge in [-0.15, -0.1) is 0 Å². The molecule has 0 saturated carbocycles.